The van der Waals surface area contributed by atoms with E-state index in [0.717, 1.165) is 25.3 Å². The van der Waals surface area contributed by atoms with E-state index in [0.29, 0.717) is 17.1 Å². The number of benzene rings is 1. The minimum absolute atomic E-state index is 0.299. The number of fused-ring (bicyclic) bond motifs is 1. The first-order chi connectivity index (χ1) is 8.79. The molecule has 0 bridgehead atoms. The van der Waals surface area contributed by atoms with E-state index < -0.39 is 0 Å². The minimum atomic E-state index is -0.299. The van der Waals surface area contributed by atoms with Gasteiger partial charge in [-0.3, -0.25) is 0 Å². The molecule has 0 atom stereocenters. The lowest BCUT2D eigenvalue weighted by atomic mass is 10.2. The lowest BCUT2D eigenvalue weighted by Gasteiger charge is -2.18. The molecule has 1 aliphatic heterocycles. The highest BCUT2D eigenvalue weighted by atomic mass is 19.1. The smallest absolute Gasteiger partial charge is 0.183 e. The Morgan fingerprint density at radius 1 is 1.44 bits per heavy atom. The van der Waals surface area contributed by atoms with E-state index in [9.17, 15) is 4.39 Å². The second-order valence-corrected chi connectivity index (χ2v) is 4.19. The van der Waals surface area contributed by atoms with Crippen LogP contribution in [-0.2, 0) is 6.54 Å². The van der Waals surface area contributed by atoms with Gasteiger partial charge in [0.15, 0.2) is 5.69 Å². The fraction of sp³-hybridized carbons (Fsp3) is 0.231. The van der Waals surface area contributed by atoms with Gasteiger partial charge in [-0.2, -0.15) is 5.26 Å². The van der Waals surface area contributed by atoms with Crippen LogP contribution in [0, 0.1) is 17.1 Å². The van der Waals surface area contributed by atoms with Gasteiger partial charge in [0.25, 0.3) is 0 Å². The number of aromatic nitrogens is 2. The van der Waals surface area contributed by atoms with E-state index in [1.165, 1.54) is 12.1 Å². The molecule has 0 unspecified atom stereocenters. The van der Waals surface area contributed by atoms with Gasteiger partial charge in [0, 0.05) is 18.7 Å². The van der Waals surface area contributed by atoms with E-state index in [1.54, 1.807) is 12.1 Å². The summed E-state index contributed by atoms with van der Waals surface area (Å²) in [6.45, 7) is 1.63. The molecule has 0 saturated heterocycles. The van der Waals surface area contributed by atoms with E-state index in [1.807, 2.05) is 4.57 Å². The fourth-order valence-corrected chi connectivity index (χ4v) is 2.22. The van der Waals surface area contributed by atoms with E-state index in [-0.39, 0.29) is 5.82 Å². The van der Waals surface area contributed by atoms with E-state index >= 15 is 0 Å². The summed E-state index contributed by atoms with van der Waals surface area (Å²) in [5.41, 5.74) is 1.07. The Labute approximate surface area is 104 Å². The lowest BCUT2D eigenvalue weighted by Crippen LogP contribution is -2.17. The summed E-state index contributed by atoms with van der Waals surface area (Å²) in [6.07, 6.45) is 0.969. The third kappa shape index (κ3) is 1.63. The van der Waals surface area contributed by atoms with Gasteiger partial charge in [0.05, 0.1) is 0 Å². The average Bonchev–Trinajstić information content (AvgIpc) is 2.77. The Balaban J connectivity index is 2.18. The highest BCUT2D eigenvalue weighted by molar-refractivity contribution is 5.64. The molecular weight excluding hydrogens is 231 g/mol. The van der Waals surface area contributed by atoms with Crippen LogP contribution in [0.1, 0.15) is 12.1 Å². The zero-order valence-electron chi connectivity index (χ0n) is 9.65. The Kier molecular flexibility index (Phi) is 2.49. The number of nitrogens with zero attached hydrogens (tertiary/aromatic N) is 3. The molecule has 0 spiro atoms. The second kappa shape index (κ2) is 4.15. The van der Waals surface area contributed by atoms with Gasteiger partial charge >= 0.3 is 0 Å². The minimum Gasteiger partial charge on any atom is -0.369 e. The SMILES string of the molecule is N#Cc1nc(-c2cccc(F)c2)n2c1NCCC2. The van der Waals surface area contributed by atoms with Crippen molar-refractivity contribution in [3.8, 4) is 17.5 Å². The molecule has 0 saturated carbocycles. The molecule has 2 aromatic rings. The van der Waals surface area contributed by atoms with Crippen LogP contribution >= 0.6 is 0 Å². The van der Waals surface area contributed by atoms with Crippen molar-refractivity contribution in [2.45, 2.75) is 13.0 Å². The van der Waals surface area contributed by atoms with Crippen LogP contribution < -0.4 is 5.32 Å². The molecule has 4 nitrogen and oxygen atoms in total. The molecule has 2 heterocycles. The van der Waals surface area contributed by atoms with Gasteiger partial charge in [-0.25, -0.2) is 9.37 Å². The number of rotatable bonds is 1. The number of anilines is 1. The summed E-state index contributed by atoms with van der Waals surface area (Å²) >= 11 is 0. The molecule has 1 aromatic heterocycles. The molecular formula is C13H11FN4. The summed E-state index contributed by atoms with van der Waals surface area (Å²) in [5.74, 6) is 1.09. The number of halogens is 1. The van der Waals surface area contributed by atoms with Crippen molar-refractivity contribution < 1.29 is 4.39 Å². The number of hydrogen-bond donors (Lipinski definition) is 1. The maximum atomic E-state index is 13.3. The highest BCUT2D eigenvalue weighted by Crippen LogP contribution is 2.28. The summed E-state index contributed by atoms with van der Waals surface area (Å²) in [5, 5.41) is 12.2. The van der Waals surface area contributed by atoms with Gasteiger partial charge < -0.3 is 9.88 Å². The molecule has 90 valence electrons. The maximum Gasteiger partial charge on any atom is 0.183 e. The maximum absolute atomic E-state index is 13.3. The molecule has 5 heteroatoms. The fourth-order valence-electron chi connectivity index (χ4n) is 2.22. The first kappa shape index (κ1) is 10.8. The standard InChI is InChI=1S/C13H11FN4/c14-10-4-1-3-9(7-10)12-17-11(8-15)13-16-5-2-6-18(12)13/h1,3-4,7,16H,2,5-6H2. The lowest BCUT2D eigenvalue weighted by molar-refractivity contribution is 0.624. The molecule has 18 heavy (non-hydrogen) atoms. The predicted octanol–water partition coefficient (Wildman–Crippen LogP) is 2.38. The van der Waals surface area contributed by atoms with Gasteiger partial charge in [-0.05, 0) is 18.6 Å². The first-order valence-electron chi connectivity index (χ1n) is 5.80. The van der Waals surface area contributed by atoms with E-state index in [2.05, 4.69) is 16.4 Å². The molecule has 1 aliphatic rings. The van der Waals surface area contributed by atoms with Crippen molar-refractivity contribution in [3.05, 3.63) is 35.8 Å². The molecule has 0 amide bonds. The van der Waals surface area contributed by atoms with E-state index in [4.69, 9.17) is 5.26 Å². The summed E-state index contributed by atoms with van der Waals surface area (Å²) in [6, 6.07) is 8.35. The number of hydrogen-bond acceptors (Lipinski definition) is 3. The summed E-state index contributed by atoms with van der Waals surface area (Å²) in [7, 11) is 0. The quantitative estimate of drug-likeness (QED) is 0.835. The molecule has 3 rings (SSSR count). The van der Waals surface area contributed by atoms with Crippen LogP contribution in [0.2, 0.25) is 0 Å². The Bertz CT molecular complexity index is 639. The third-order valence-electron chi connectivity index (χ3n) is 3.01. The zero-order chi connectivity index (χ0) is 12.5. The number of nitrogens with one attached hydrogen (secondary N) is 1. The van der Waals surface area contributed by atoms with Crippen LogP contribution in [0.5, 0.6) is 0 Å². The third-order valence-corrected chi connectivity index (χ3v) is 3.01. The van der Waals surface area contributed by atoms with Crippen molar-refractivity contribution in [2.75, 3.05) is 11.9 Å². The first-order valence-corrected chi connectivity index (χ1v) is 5.80. The normalized spacial score (nSPS) is 13.6. The number of nitriles is 1. The molecule has 0 radical (unpaired) electrons. The Morgan fingerprint density at radius 2 is 2.33 bits per heavy atom. The number of imidazole rings is 1. The Hall–Kier alpha value is -2.35. The van der Waals surface area contributed by atoms with Crippen molar-refractivity contribution >= 4 is 5.82 Å². The van der Waals surface area contributed by atoms with Gasteiger partial charge in [-0.1, -0.05) is 12.1 Å². The van der Waals surface area contributed by atoms with Crippen molar-refractivity contribution in [3.63, 3.8) is 0 Å². The van der Waals surface area contributed by atoms with Crippen molar-refractivity contribution in [1.29, 1.82) is 5.26 Å². The summed E-state index contributed by atoms with van der Waals surface area (Å²) in [4.78, 5) is 4.29. The molecule has 1 aromatic carbocycles. The van der Waals surface area contributed by atoms with Gasteiger partial charge in [0.2, 0.25) is 0 Å². The molecule has 0 aliphatic carbocycles. The topological polar surface area (TPSA) is 53.6 Å². The van der Waals surface area contributed by atoms with Crippen LogP contribution in [0.4, 0.5) is 10.2 Å². The monoisotopic (exact) mass is 242 g/mol. The zero-order valence-corrected chi connectivity index (χ0v) is 9.65. The van der Waals surface area contributed by atoms with Gasteiger partial charge in [0.1, 0.15) is 23.5 Å². The van der Waals surface area contributed by atoms with Crippen molar-refractivity contribution in [2.24, 2.45) is 0 Å². The van der Waals surface area contributed by atoms with Crippen LogP contribution in [0.25, 0.3) is 11.4 Å². The van der Waals surface area contributed by atoms with Crippen LogP contribution in [-0.4, -0.2) is 16.1 Å². The predicted molar refractivity (Wildman–Crippen MR) is 65.4 cm³/mol. The average molecular weight is 242 g/mol. The van der Waals surface area contributed by atoms with Crippen LogP contribution in [0.3, 0.4) is 0 Å². The molecule has 1 N–H and O–H groups in total. The second-order valence-electron chi connectivity index (χ2n) is 4.19. The van der Waals surface area contributed by atoms with Crippen LogP contribution in [0.15, 0.2) is 24.3 Å². The van der Waals surface area contributed by atoms with Crippen molar-refractivity contribution in [1.82, 2.24) is 9.55 Å². The molecule has 0 fully saturated rings. The largest absolute Gasteiger partial charge is 0.369 e. The highest BCUT2D eigenvalue weighted by Gasteiger charge is 2.20. The summed E-state index contributed by atoms with van der Waals surface area (Å²) < 4.78 is 15.2. The van der Waals surface area contributed by atoms with Gasteiger partial charge in [-0.15, -0.1) is 0 Å². The Morgan fingerprint density at radius 3 is 3.11 bits per heavy atom.